The second kappa shape index (κ2) is 6.88. The highest BCUT2D eigenvalue weighted by Crippen LogP contribution is 2.19. The van der Waals surface area contributed by atoms with Crippen molar-refractivity contribution in [3.63, 3.8) is 0 Å². The van der Waals surface area contributed by atoms with Crippen molar-refractivity contribution >= 4 is 22.9 Å². The van der Waals surface area contributed by atoms with Crippen molar-refractivity contribution in [1.29, 1.82) is 0 Å². The molecule has 1 N–H and O–H groups in total. The highest BCUT2D eigenvalue weighted by atomic mass is 32.1. The highest BCUT2D eigenvalue weighted by Gasteiger charge is 2.18. The Morgan fingerprint density at radius 1 is 1.12 bits per heavy atom. The average Bonchev–Trinajstić information content (AvgIpc) is 3.18. The first-order chi connectivity index (χ1) is 11.5. The second-order valence-electron chi connectivity index (χ2n) is 5.49. The van der Waals surface area contributed by atoms with Gasteiger partial charge in [0.2, 0.25) is 0 Å². The van der Waals surface area contributed by atoms with Crippen LogP contribution in [0, 0.1) is 12.7 Å². The van der Waals surface area contributed by atoms with Crippen LogP contribution in [-0.4, -0.2) is 21.8 Å². The zero-order valence-corrected chi connectivity index (χ0v) is 13.8. The summed E-state index contributed by atoms with van der Waals surface area (Å²) in [6.45, 7) is 1.90. The molecule has 2 aromatic heterocycles. The van der Waals surface area contributed by atoms with E-state index in [9.17, 15) is 14.0 Å². The number of aryl methyl sites for hydroxylation is 1. The molecule has 4 nitrogen and oxygen atoms in total. The first-order valence-electron chi connectivity index (χ1n) is 7.42. The lowest BCUT2D eigenvalue weighted by Gasteiger charge is -2.03. The Labute approximate surface area is 142 Å². The number of halogens is 1. The molecule has 3 aromatic rings. The van der Waals surface area contributed by atoms with Crippen LogP contribution in [0.1, 0.15) is 36.9 Å². The Hall–Kier alpha value is -2.60. The van der Waals surface area contributed by atoms with Crippen molar-refractivity contribution in [2.45, 2.75) is 19.8 Å². The molecule has 0 saturated carbocycles. The maximum Gasteiger partial charge on any atom is 0.185 e. The van der Waals surface area contributed by atoms with Gasteiger partial charge in [-0.2, -0.15) is 5.10 Å². The van der Waals surface area contributed by atoms with Crippen LogP contribution in [0.25, 0.3) is 0 Å². The maximum absolute atomic E-state index is 12.9. The van der Waals surface area contributed by atoms with E-state index < -0.39 is 0 Å². The minimum Gasteiger partial charge on any atom is -0.294 e. The van der Waals surface area contributed by atoms with Crippen LogP contribution in [0.15, 0.2) is 41.9 Å². The zero-order valence-electron chi connectivity index (χ0n) is 13.0. The summed E-state index contributed by atoms with van der Waals surface area (Å²) >= 11 is 1.52. The summed E-state index contributed by atoms with van der Waals surface area (Å²) in [5.74, 6) is -0.555. The van der Waals surface area contributed by atoms with Gasteiger partial charge in [0.05, 0.1) is 6.20 Å². The van der Waals surface area contributed by atoms with Crippen LogP contribution in [-0.2, 0) is 12.8 Å². The largest absolute Gasteiger partial charge is 0.294 e. The molecule has 24 heavy (non-hydrogen) atoms. The fourth-order valence-electron chi connectivity index (χ4n) is 2.51. The lowest BCUT2D eigenvalue weighted by atomic mass is 10.00. The summed E-state index contributed by atoms with van der Waals surface area (Å²) in [6, 6.07) is 7.58. The normalized spacial score (nSPS) is 10.8. The third-order valence-corrected chi connectivity index (χ3v) is 4.63. The van der Waals surface area contributed by atoms with E-state index in [4.69, 9.17) is 0 Å². The molecular formula is C18H15FN2O2S. The Morgan fingerprint density at radius 2 is 1.88 bits per heavy atom. The van der Waals surface area contributed by atoms with Crippen molar-refractivity contribution in [2.75, 3.05) is 0 Å². The van der Waals surface area contributed by atoms with Crippen LogP contribution < -0.4 is 0 Å². The number of nitrogens with zero attached hydrogens (tertiary/aromatic N) is 1. The molecule has 1 aromatic carbocycles. The number of aromatic amines is 1. The molecule has 0 bridgehead atoms. The zero-order chi connectivity index (χ0) is 17.1. The molecule has 3 rings (SSSR count). The fraction of sp³-hybridized carbons (Fsp3) is 0.167. The molecule has 0 spiro atoms. The smallest absolute Gasteiger partial charge is 0.185 e. The fourth-order valence-corrected chi connectivity index (χ4v) is 3.22. The van der Waals surface area contributed by atoms with Gasteiger partial charge < -0.3 is 0 Å². The Bertz CT molecular complexity index is 881. The van der Waals surface area contributed by atoms with E-state index >= 15 is 0 Å². The molecular weight excluding hydrogens is 327 g/mol. The summed E-state index contributed by atoms with van der Waals surface area (Å²) in [5.41, 5.74) is 2.30. The molecule has 0 fully saturated rings. The van der Waals surface area contributed by atoms with Crippen LogP contribution in [0.5, 0.6) is 0 Å². The summed E-state index contributed by atoms with van der Waals surface area (Å²) in [7, 11) is 0. The first kappa shape index (κ1) is 16.3. The quantitative estimate of drug-likeness (QED) is 0.694. The standard InChI is InChI=1S/C18H15FN2O2S/c1-11-15(6-7-24-11)16(22)9-13-10-20-21-18(13)17(23)8-12-2-4-14(19)5-3-12/h2-7,10H,8-9H2,1H3,(H,20,21). The number of thiophene rings is 1. The number of carbonyl (C=O) groups is 2. The monoisotopic (exact) mass is 342 g/mol. The van der Waals surface area contributed by atoms with Crippen LogP contribution >= 0.6 is 11.3 Å². The van der Waals surface area contributed by atoms with Crippen molar-refractivity contribution in [2.24, 2.45) is 0 Å². The maximum atomic E-state index is 12.9. The van der Waals surface area contributed by atoms with Crippen LogP contribution in [0.3, 0.4) is 0 Å². The van der Waals surface area contributed by atoms with Crippen molar-refractivity contribution in [1.82, 2.24) is 10.2 Å². The minimum absolute atomic E-state index is 0.0361. The van der Waals surface area contributed by atoms with Gasteiger partial charge in [-0.15, -0.1) is 11.3 Å². The van der Waals surface area contributed by atoms with E-state index in [0.717, 1.165) is 4.88 Å². The lowest BCUT2D eigenvalue weighted by molar-refractivity contribution is 0.0985. The van der Waals surface area contributed by atoms with Gasteiger partial charge in [0, 0.05) is 28.8 Å². The summed E-state index contributed by atoms with van der Waals surface area (Å²) in [4.78, 5) is 25.8. The molecule has 0 saturated heterocycles. The predicted octanol–water partition coefficient (Wildman–Crippen LogP) is 3.77. The van der Waals surface area contributed by atoms with Gasteiger partial charge >= 0.3 is 0 Å². The van der Waals surface area contributed by atoms with Crippen molar-refractivity contribution in [3.05, 3.63) is 75.0 Å². The summed E-state index contributed by atoms with van der Waals surface area (Å²) in [5, 5.41) is 8.45. The molecule has 6 heteroatoms. The highest BCUT2D eigenvalue weighted by molar-refractivity contribution is 7.10. The molecule has 0 aliphatic rings. The van der Waals surface area contributed by atoms with Gasteiger partial charge in [0.1, 0.15) is 11.5 Å². The number of aromatic nitrogens is 2. The summed E-state index contributed by atoms with van der Waals surface area (Å²) < 4.78 is 12.9. The molecule has 0 atom stereocenters. The number of ketones is 2. The predicted molar refractivity (Wildman–Crippen MR) is 90.1 cm³/mol. The van der Waals surface area contributed by atoms with Gasteiger partial charge in [-0.05, 0) is 36.1 Å². The second-order valence-corrected chi connectivity index (χ2v) is 6.61. The minimum atomic E-state index is -0.342. The molecule has 0 unspecified atom stereocenters. The number of Topliss-reactive ketones (excluding diaryl/α,β-unsaturated/α-hetero) is 2. The number of H-pyrrole nitrogens is 1. The average molecular weight is 342 g/mol. The lowest BCUT2D eigenvalue weighted by Crippen LogP contribution is -2.10. The van der Waals surface area contributed by atoms with E-state index in [0.29, 0.717) is 22.4 Å². The SMILES string of the molecule is Cc1sccc1C(=O)Cc1cn[nH]c1C(=O)Cc1ccc(F)cc1. The molecule has 0 aliphatic carbocycles. The Balaban J connectivity index is 1.75. The Morgan fingerprint density at radius 3 is 2.54 bits per heavy atom. The van der Waals surface area contributed by atoms with E-state index in [1.807, 2.05) is 12.3 Å². The van der Waals surface area contributed by atoms with E-state index in [1.165, 1.54) is 29.7 Å². The number of carbonyl (C=O) groups excluding carboxylic acids is 2. The van der Waals surface area contributed by atoms with Crippen LogP contribution in [0.4, 0.5) is 4.39 Å². The number of rotatable bonds is 6. The van der Waals surface area contributed by atoms with E-state index in [-0.39, 0.29) is 30.2 Å². The van der Waals surface area contributed by atoms with Gasteiger partial charge in [-0.3, -0.25) is 14.7 Å². The van der Waals surface area contributed by atoms with Gasteiger partial charge in [-0.25, -0.2) is 4.39 Å². The van der Waals surface area contributed by atoms with Crippen molar-refractivity contribution < 1.29 is 14.0 Å². The first-order valence-corrected chi connectivity index (χ1v) is 8.29. The molecule has 0 amide bonds. The number of nitrogens with one attached hydrogen (secondary N) is 1. The van der Waals surface area contributed by atoms with Crippen LogP contribution in [0.2, 0.25) is 0 Å². The third kappa shape index (κ3) is 3.49. The van der Waals surface area contributed by atoms with E-state index in [1.54, 1.807) is 18.2 Å². The molecule has 122 valence electrons. The third-order valence-electron chi connectivity index (χ3n) is 3.78. The molecule has 0 aliphatic heterocycles. The molecule has 0 radical (unpaired) electrons. The number of benzene rings is 1. The van der Waals surface area contributed by atoms with Gasteiger partial charge in [0.15, 0.2) is 11.6 Å². The number of hydrogen-bond acceptors (Lipinski definition) is 4. The van der Waals surface area contributed by atoms with Gasteiger partial charge in [-0.1, -0.05) is 12.1 Å². The summed E-state index contributed by atoms with van der Waals surface area (Å²) in [6.07, 6.45) is 1.76. The van der Waals surface area contributed by atoms with Crippen molar-refractivity contribution in [3.8, 4) is 0 Å². The van der Waals surface area contributed by atoms with Gasteiger partial charge in [0.25, 0.3) is 0 Å². The Kier molecular flexibility index (Phi) is 4.66. The number of hydrogen-bond donors (Lipinski definition) is 1. The molecule has 2 heterocycles. The van der Waals surface area contributed by atoms with E-state index in [2.05, 4.69) is 10.2 Å². The topological polar surface area (TPSA) is 62.8 Å².